The Balaban J connectivity index is 1.17. The first kappa shape index (κ1) is 24.2. The maximum atomic E-state index is 9.54. The fraction of sp³-hybridized carbons (Fsp3) is 0. The van der Waals surface area contributed by atoms with E-state index >= 15 is 0 Å². The van der Waals surface area contributed by atoms with Gasteiger partial charge >= 0.3 is 0 Å². The zero-order valence-corrected chi connectivity index (χ0v) is 28.9. The van der Waals surface area contributed by atoms with Crippen LogP contribution in [-0.4, -0.2) is 0 Å². The summed E-state index contributed by atoms with van der Waals surface area (Å²) in [4.78, 5) is 1.34. The molecule has 0 spiro atoms. The van der Waals surface area contributed by atoms with Gasteiger partial charge in [0.05, 0.1) is 11.0 Å². The van der Waals surface area contributed by atoms with E-state index in [1.807, 2.05) is 140 Å². The summed E-state index contributed by atoms with van der Waals surface area (Å²) in [6, 6.07) is 48.3. The van der Waals surface area contributed by atoms with Crippen molar-refractivity contribution in [3.8, 4) is 44.7 Å². The lowest BCUT2D eigenvalue weighted by Crippen LogP contribution is -2.09. The maximum Gasteiger partial charge on any atom is 0.135 e. The van der Waals surface area contributed by atoms with Gasteiger partial charge in [0.15, 0.2) is 0 Å². The second-order valence-corrected chi connectivity index (χ2v) is 13.1. The SMILES string of the molecule is [2H]c1c([2H])c(N(c2ccc(-c3cccc(-c4cc5ccccc5o4)c3)cc2)c2c([2H])c([2H])c(-c3cccc4ccccc34)c([2H])c2[2H])c([2H])c([2H])c1-c1cccc2ccccc12. The molecule has 0 aliphatic carbocycles. The van der Waals surface area contributed by atoms with Crippen LogP contribution in [0, 0.1) is 0 Å². The average Bonchev–Trinajstić information content (AvgIpc) is 3.75. The van der Waals surface area contributed by atoms with Gasteiger partial charge in [-0.25, -0.2) is 0 Å². The van der Waals surface area contributed by atoms with Gasteiger partial charge in [-0.2, -0.15) is 0 Å². The Kier molecular flexibility index (Phi) is 6.01. The van der Waals surface area contributed by atoms with Crippen molar-refractivity contribution in [1.82, 2.24) is 0 Å². The van der Waals surface area contributed by atoms with E-state index in [-0.39, 0.29) is 46.7 Å². The molecule has 254 valence electrons. The number of nitrogens with zero attached hydrogens (tertiary/aromatic N) is 1. The summed E-state index contributed by atoms with van der Waals surface area (Å²) in [7, 11) is 0. The van der Waals surface area contributed by atoms with Gasteiger partial charge in [-0.3, -0.25) is 0 Å². The largest absolute Gasteiger partial charge is 0.456 e. The van der Waals surface area contributed by atoms with Gasteiger partial charge in [-0.1, -0.05) is 158 Å². The zero-order valence-electron chi connectivity index (χ0n) is 36.9. The minimum absolute atomic E-state index is 0.117. The topological polar surface area (TPSA) is 16.4 Å². The molecule has 0 unspecified atom stereocenters. The summed E-state index contributed by atoms with van der Waals surface area (Å²) in [5, 5.41) is 4.29. The molecule has 0 amide bonds. The van der Waals surface area contributed by atoms with Crippen molar-refractivity contribution in [1.29, 1.82) is 0 Å². The molecule has 9 aromatic carbocycles. The van der Waals surface area contributed by atoms with Gasteiger partial charge in [-0.05, 0) is 109 Å². The number of rotatable bonds is 7. The zero-order chi connectivity index (χ0) is 42.8. The molecule has 0 aliphatic heterocycles. The molecule has 0 fully saturated rings. The Hall–Kier alpha value is -7.16. The van der Waals surface area contributed by atoms with Crippen molar-refractivity contribution in [3.05, 3.63) is 212 Å². The van der Waals surface area contributed by atoms with E-state index in [9.17, 15) is 11.0 Å². The summed E-state index contributed by atoms with van der Waals surface area (Å²) >= 11 is 0. The van der Waals surface area contributed by atoms with Crippen molar-refractivity contribution in [3.63, 3.8) is 0 Å². The van der Waals surface area contributed by atoms with E-state index in [4.69, 9.17) is 4.42 Å². The quantitative estimate of drug-likeness (QED) is 0.165. The van der Waals surface area contributed by atoms with Crippen LogP contribution in [0.1, 0.15) is 11.0 Å². The Morgan fingerprint density at radius 3 is 1.44 bits per heavy atom. The van der Waals surface area contributed by atoms with Crippen LogP contribution in [0.5, 0.6) is 0 Å². The standard InChI is InChI=1S/C52H35NO/c1-4-17-47-37(10-1)13-8-19-49(47)39-24-30-45(31-25-39)53(46-32-26-40(27-33-46)50-20-9-14-38-11-2-5-18-48(38)50)44-28-22-36(23-29-44)41-15-7-16-42(34-41)52-35-43-12-3-6-21-51(43)54-52/h1-35H/i24D,25D,26D,27D,30D,31D,32D,33D. The molecule has 1 aromatic heterocycles. The van der Waals surface area contributed by atoms with Crippen molar-refractivity contribution < 1.29 is 15.4 Å². The van der Waals surface area contributed by atoms with Crippen LogP contribution in [0.3, 0.4) is 0 Å². The predicted octanol–water partition coefficient (Wildman–Crippen LogP) is 14.9. The van der Waals surface area contributed by atoms with Crippen LogP contribution in [-0.2, 0) is 0 Å². The van der Waals surface area contributed by atoms with E-state index in [1.165, 1.54) is 4.90 Å². The van der Waals surface area contributed by atoms with Crippen molar-refractivity contribution >= 4 is 49.6 Å². The molecule has 2 heteroatoms. The summed E-state index contributed by atoms with van der Waals surface area (Å²) in [6.07, 6.45) is 0. The highest BCUT2D eigenvalue weighted by Crippen LogP contribution is 2.40. The van der Waals surface area contributed by atoms with Gasteiger partial charge in [0, 0.05) is 28.0 Å². The summed E-state index contributed by atoms with van der Waals surface area (Å²) in [6.45, 7) is 0. The first-order chi connectivity index (χ1) is 30.1. The van der Waals surface area contributed by atoms with Gasteiger partial charge < -0.3 is 9.32 Å². The fourth-order valence-corrected chi connectivity index (χ4v) is 7.14. The third kappa shape index (κ3) is 5.81. The van der Waals surface area contributed by atoms with E-state index < -0.39 is 24.2 Å². The Morgan fingerprint density at radius 2 is 0.852 bits per heavy atom. The van der Waals surface area contributed by atoms with Gasteiger partial charge in [0.2, 0.25) is 0 Å². The van der Waals surface area contributed by atoms with Crippen molar-refractivity contribution in [2.45, 2.75) is 0 Å². The molecule has 0 atom stereocenters. The Bertz CT molecular complexity index is 3170. The third-order valence-electron chi connectivity index (χ3n) is 9.82. The summed E-state index contributed by atoms with van der Waals surface area (Å²) in [5.41, 5.74) is 4.59. The number of anilines is 3. The molecule has 10 rings (SSSR count). The lowest BCUT2D eigenvalue weighted by atomic mass is 9.97. The molecular weight excluding hydrogens is 655 g/mol. The molecule has 0 saturated heterocycles. The third-order valence-corrected chi connectivity index (χ3v) is 9.82. The van der Waals surface area contributed by atoms with Gasteiger partial charge in [-0.15, -0.1) is 0 Å². The number of para-hydroxylation sites is 1. The second-order valence-electron chi connectivity index (χ2n) is 13.1. The van der Waals surface area contributed by atoms with Crippen LogP contribution in [0.15, 0.2) is 217 Å². The molecule has 0 N–H and O–H groups in total. The van der Waals surface area contributed by atoms with E-state index in [1.54, 1.807) is 24.3 Å². The number of hydrogen-bond acceptors (Lipinski definition) is 2. The maximum absolute atomic E-state index is 9.54. The molecule has 54 heavy (non-hydrogen) atoms. The number of furan rings is 1. The smallest absolute Gasteiger partial charge is 0.135 e. The predicted molar refractivity (Wildman–Crippen MR) is 228 cm³/mol. The Labute approximate surface area is 326 Å². The lowest BCUT2D eigenvalue weighted by molar-refractivity contribution is 0.631. The molecule has 0 saturated carbocycles. The highest BCUT2D eigenvalue weighted by molar-refractivity contribution is 5.98. The molecule has 0 bridgehead atoms. The van der Waals surface area contributed by atoms with Crippen molar-refractivity contribution in [2.24, 2.45) is 0 Å². The van der Waals surface area contributed by atoms with Crippen LogP contribution >= 0.6 is 0 Å². The van der Waals surface area contributed by atoms with E-state index in [2.05, 4.69) is 0 Å². The lowest BCUT2D eigenvalue weighted by Gasteiger charge is -2.26. The highest BCUT2D eigenvalue weighted by atomic mass is 16.3. The number of benzene rings is 9. The first-order valence-electron chi connectivity index (χ1n) is 21.8. The van der Waals surface area contributed by atoms with Crippen LogP contribution in [0.25, 0.3) is 77.2 Å². The van der Waals surface area contributed by atoms with E-state index in [0.717, 1.165) is 55.0 Å². The molecular formula is C52H35NO. The summed E-state index contributed by atoms with van der Waals surface area (Å²) in [5.74, 6) is 0.724. The van der Waals surface area contributed by atoms with Crippen LogP contribution in [0.4, 0.5) is 17.1 Å². The first-order valence-corrected chi connectivity index (χ1v) is 17.8. The molecule has 1 heterocycles. The molecule has 2 nitrogen and oxygen atoms in total. The number of fused-ring (bicyclic) bond motifs is 3. The number of hydrogen-bond donors (Lipinski definition) is 0. The molecule has 10 aromatic rings. The molecule has 0 radical (unpaired) electrons. The van der Waals surface area contributed by atoms with Crippen LogP contribution < -0.4 is 4.90 Å². The minimum atomic E-state index is -0.397. The van der Waals surface area contributed by atoms with Crippen LogP contribution in [0.2, 0.25) is 0 Å². The normalized spacial score (nSPS) is 13.4. The summed E-state index contributed by atoms with van der Waals surface area (Å²) < 4.78 is 81.9. The van der Waals surface area contributed by atoms with Gasteiger partial charge in [0.1, 0.15) is 11.3 Å². The average molecular weight is 698 g/mol. The highest BCUT2D eigenvalue weighted by Gasteiger charge is 2.15. The van der Waals surface area contributed by atoms with Crippen molar-refractivity contribution in [2.75, 3.05) is 4.90 Å². The minimum Gasteiger partial charge on any atom is -0.456 e. The second kappa shape index (κ2) is 13.4. The van der Waals surface area contributed by atoms with Gasteiger partial charge in [0.25, 0.3) is 0 Å². The molecule has 0 aliphatic rings. The monoisotopic (exact) mass is 697 g/mol. The fourth-order valence-electron chi connectivity index (χ4n) is 7.14. The van der Waals surface area contributed by atoms with E-state index in [0.29, 0.717) is 16.8 Å². The Morgan fingerprint density at radius 1 is 0.352 bits per heavy atom.